The zero-order valence-corrected chi connectivity index (χ0v) is 20.6. The lowest BCUT2D eigenvalue weighted by molar-refractivity contribution is -0.139. The maximum atomic E-state index is 14.6. The normalized spacial score (nSPS) is 23.9. The lowest BCUT2D eigenvalue weighted by atomic mass is 9.76. The van der Waals surface area contributed by atoms with Crippen LogP contribution in [0, 0.1) is 11.8 Å². The van der Waals surface area contributed by atoms with Gasteiger partial charge in [0.25, 0.3) is 0 Å². The van der Waals surface area contributed by atoms with Crippen LogP contribution >= 0.6 is 0 Å². The van der Waals surface area contributed by atoms with Gasteiger partial charge in [-0.15, -0.1) is 0 Å². The van der Waals surface area contributed by atoms with Crippen molar-refractivity contribution >= 4 is 28.2 Å². The number of alkyl halides is 4. The summed E-state index contributed by atoms with van der Waals surface area (Å²) in [6, 6.07) is 6.32. The van der Waals surface area contributed by atoms with E-state index in [0.29, 0.717) is 35.7 Å². The number of nitrogens with one attached hydrogen (secondary N) is 1. The molecule has 12 heteroatoms. The lowest BCUT2D eigenvalue weighted by Gasteiger charge is -2.31. The van der Waals surface area contributed by atoms with Crippen LogP contribution in [-0.2, 0) is 17.9 Å². The molecule has 0 radical (unpaired) electrons. The largest absolute Gasteiger partial charge is 0.406 e. The number of piperidine rings is 1. The predicted molar refractivity (Wildman–Crippen MR) is 129 cm³/mol. The monoisotopic (exact) mass is 520 g/mol. The Morgan fingerprint density at radius 1 is 1.30 bits per heavy atom. The summed E-state index contributed by atoms with van der Waals surface area (Å²) in [4.78, 5) is 22.8. The molecule has 1 saturated carbocycles. The molecule has 1 amide bonds. The lowest BCUT2D eigenvalue weighted by Crippen LogP contribution is -2.39. The summed E-state index contributed by atoms with van der Waals surface area (Å²) < 4.78 is 61.5. The fourth-order valence-electron chi connectivity index (χ4n) is 4.97. The minimum atomic E-state index is -4.51. The molecule has 8 nitrogen and oxygen atoms in total. The first-order valence-corrected chi connectivity index (χ1v) is 12.3. The number of fused-ring (bicyclic) bond motifs is 1. The second-order valence-electron chi connectivity index (χ2n) is 10.0. The minimum absolute atomic E-state index is 0.0124. The van der Waals surface area contributed by atoms with E-state index >= 15 is 0 Å². The first-order valence-electron chi connectivity index (χ1n) is 12.3. The summed E-state index contributed by atoms with van der Waals surface area (Å²) in [5, 5.41) is 7.06. The van der Waals surface area contributed by atoms with E-state index in [4.69, 9.17) is 4.52 Å². The van der Waals surface area contributed by atoms with Gasteiger partial charge < -0.3 is 19.3 Å². The first-order chi connectivity index (χ1) is 17.6. The van der Waals surface area contributed by atoms with Crippen molar-refractivity contribution in [1.29, 1.82) is 0 Å². The SMILES string of the molecule is CN1CC/C(=N\c2cccc3c2cc(-c2noc(CNC(=O)[C@H]4C[C@@H](C)C4)n2)n3CC(F)(F)F)[C@@H](F)C1. The number of carbonyl (C=O) groups is 1. The van der Waals surface area contributed by atoms with Gasteiger partial charge >= 0.3 is 6.18 Å². The van der Waals surface area contributed by atoms with Crippen molar-refractivity contribution in [3.05, 3.63) is 30.2 Å². The second kappa shape index (κ2) is 9.88. The summed E-state index contributed by atoms with van der Waals surface area (Å²) in [5.74, 6) is 0.425. The average Bonchev–Trinajstić information content (AvgIpc) is 3.41. The number of aliphatic imine (C=N–C) groups is 1. The number of amides is 1. The molecule has 5 rings (SSSR count). The molecule has 2 aromatic heterocycles. The number of likely N-dealkylation sites (tertiary alicyclic amines) is 1. The van der Waals surface area contributed by atoms with E-state index in [-0.39, 0.29) is 47.8 Å². The van der Waals surface area contributed by atoms with Gasteiger partial charge in [-0.05, 0) is 44.0 Å². The maximum absolute atomic E-state index is 14.6. The maximum Gasteiger partial charge on any atom is 0.406 e. The zero-order valence-electron chi connectivity index (χ0n) is 20.6. The Balaban J connectivity index is 1.46. The van der Waals surface area contributed by atoms with Crippen LogP contribution in [0.5, 0.6) is 0 Å². The molecule has 3 aromatic rings. The standard InChI is InChI=1S/C25H28F4N6O2/c1-14-8-15(9-14)24(36)30-11-22-32-23(33-37-22)21-10-16-18(31-19-6-7-34(2)12-17(19)26)4-3-5-20(16)35(21)13-25(27,28)29/h3-5,10,14-15,17H,6-9,11-13H2,1-2H3,(H,30,36)/b31-19+/t14-,15+,17-/m0/s1. The molecule has 1 saturated heterocycles. The molecule has 198 valence electrons. The number of hydrogen-bond donors (Lipinski definition) is 1. The van der Waals surface area contributed by atoms with Crippen LogP contribution in [0.25, 0.3) is 22.4 Å². The highest BCUT2D eigenvalue weighted by molar-refractivity contribution is 5.99. The molecule has 0 unspecified atom stereocenters. The molecule has 2 aliphatic rings. The van der Waals surface area contributed by atoms with Gasteiger partial charge in [0.05, 0.1) is 29.2 Å². The van der Waals surface area contributed by atoms with Crippen molar-refractivity contribution in [1.82, 2.24) is 24.9 Å². The topological polar surface area (TPSA) is 88.6 Å². The van der Waals surface area contributed by atoms with E-state index in [1.165, 1.54) is 6.07 Å². The molecule has 0 spiro atoms. The highest BCUT2D eigenvalue weighted by atomic mass is 19.4. The van der Waals surface area contributed by atoms with Crippen molar-refractivity contribution in [3.8, 4) is 11.5 Å². The van der Waals surface area contributed by atoms with Gasteiger partial charge in [-0.25, -0.2) is 4.39 Å². The smallest absolute Gasteiger partial charge is 0.347 e. The molecule has 0 bridgehead atoms. The fraction of sp³-hybridized carbons (Fsp3) is 0.520. The van der Waals surface area contributed by atoms with E-state index in [1.54, 1.807) is 18.2 Å². The molecule has 1 aromatic carbocycles. The van der Waals surface area contributed by atoms with E-state index < -0.39 is 18.9 Å². The van der Waals surface area contributed by atoms with E-state index in [1.807, 2.05) is 11.9 Å². The summed E-state index contributed by atoms with van der Waals surface area (Å²) in [7, 11) is 1.83. The van der Waals surface area contributed by atoms with Crippen molar-refractivity contribution in [2.45, 2.75) is 51.6 Å². The van der Waals surface area contributed by atoms with Gasteiger partial charge in [0, 0.05) is 30.8 Å². The highest BCUT2D eigenvalue weighted by Gasteiger charge is 2.33. The van der Waals surface area contributed by atoms with Crippen molar-refractivity contribution in [2.75, 3.05) is 20.1 Å². The molecular weight excluding hydrogens is 492 g/mol. The van der Waals surface area contributed by atoms with Gasteiger partial charge in [-0.3, -0.25) is 9.79 Å². The van der Waals surface area contributed by atoms with Gasteiger partial charge in [0.2, 0.25) is 17.6 Å². The fourth-order valence-corrected chi connectivity index (χ4v) is 4.97. The quantitative estimate of drug-likeness (QED) is 0.478. The third-order valence-electron chi connectivity index (χ3n) is 6.96. The zero-order chi connectivity index (χ0) is 26.3. The minimum Gasteiger partial charge on any atom is -0.347 e. The average molecular weight is 521 g/mol. The predicted octanol–water partition coefficient (Wildman–Crippen LogP) is 4.66. The molecular formula is C25H28F4N6O2. The molecule has 1 aliphatic carbocycles. The Morgan fingerprint density at radius 2 is 2.08 bits per heavy atom. The third kappa shape index (κ3) is 5.53. The number of carbonyl (C=O) groups excluding carboxylic acids is 1. The number of nitrogens with zero attached hydrogens (tertiary/aromatic N) is 5. The van der Waals surface area contributed by atoms with Crippen LogP contribution < -0.4 is 5.32 Å². The van der Waals surface area contributed by atoms with E-state index in [9.17, 15) is 22.4 Å². The van der Waals surface area contributed by atoms with Gasteiger partial charge in [0.15, 0.2) is 6.17 Å². The number of halogens is 4. The summed E-state index contributed by atoms with van der Waals surface area (Å²) in [6.07, 6.45) is -3.68. The van der Waals surface area contributed by atoms with E-state index in [2.05, 4.69) is 27.4 Å². The highest BCUT2D eigenvalue weighted by Crippen LogP contribution is 2.36. The van der Waals surface area contributed by atoms with Crippen molar-refractivity contribution < 1.29 is 26.9 Å². The number of benzene rings is 1. The van der Waals surface area contributed by atoms with Gasteiger partial charge in [-0.1, -0.05) is 18.1 Å². The Kier molecular flexibility index (Phi) is 6.78. The third-order valence-corrected chi connectivity index (χ3v) is 6.96. The molecule has 1 atom stereocenters. The molecule has 37 heavy (non-hydrogen) atoms. The summed E-state index contributed by atoms with van der Waals surface area (Å²) >= 11 is 0. The first kappa shape index (κ1) is 25.4. The van der Waals surface area contributed by atoms with Crippen LogP contribution in [0.3, 0.4) is 0 Å². The molecule has 1 aliphatic heterocycles. The van der Waals surface area contributed by atoms with Crippen LogP contribution in [0.2, 0.25) is 0 Å². The molecule has 1 N–H and O–H groups in total. The second-order valence-corrected chi connectivity index (χ2v) is 10.0. The van der Waals surface area contributed by atoms with Crippen LogP contribution in [-0.4, -0.2) is 63.7 Å². The van der Waals surface area contributed by atoms with Gasteiger partial charge in [0.1, 0.15) is 6.54 Å². The van der Waals surface area contributed by atoms with Crippen molar-refractivity contribution in [2.24, 2.45) is 16.8 Å². The van der Waals surface area contributed by atoms with Crippen LogP contribution in [0.15, 0.2) is 33.8 Å². The number of aromatic nitrogens is 3. The van der Waals surface area contributed by atoms with Gasteiger partial charge in [-0.2, -0.15) is 18.2 Å². The molecule has 2 fully saturated rings. The van der Waals surface area contributed by atoms with E-state index in [0.717, 1.165) is 17.4 Å². The molecule has 3 heterocycles. The Labute approximate surface area is 210 Å². The van der Waals surface area contributed by atoms with Crippen LogP contribution in [0.4, 0.5) is 23.2 Å². The Hall–Kier alpha value is -3.28. The summed E-state index contributed by atoms with van der Waals surface area (Å²) in [5.41, 5.74) is 1.12. The van der Waals surface area contributed by atoms with Crippen molar-refractivity contribution in [3.63, 3.8) is 0 Å². The number of hydrogen-bond acceptors (Lipinski definition) is 6. The number of rotatable bonds is 6. The van der Waals surface area contributed by atoms with Crippen LogP contribution in [0.1, 0.15) is 32.1 Å². The summed E-state index contributed by atoms with van der Waals surface area (Å²) in [6.45, 7) is 1.66. The Morgan fingerprint density at radius 3 is 2.78 bits per heavy atom. The Bertz CT molecular complexity index is 1320.